The molecular weight excluding hydrogens is 228 g/mol. The van der Waals surface area contributed by atoms with Crippen LogP contribution in [0.25, 0.3) is 11.0 Å². The summed E-state index contributed by atoms with van der Waals surface area (Å²) in [5.74, 6) is 0.553. The van der Waals surface area contributed by atoms with E-state index < -0.39 is 0 Å². The van der Waals surface area contributed by atoms with E-state index >= 15 is 0 Å². The Morgan fingerprint density at radius 2 is 2.22 bits per heavy atom. The summed E-state index contributed by atoms with van der Waals surface area (Å²) in [4.78, 5) is 19.4. The molecule has 1 aromatic heterocycles. The Morgan fingerprint density at radius 3 is 2.94 bits per heavy atom. The Bertz CT molecular complexity index is 544. The van der Waals surface area contributed by atoms with Crippen molar-refractivity contribution in [2.75, 3.05) is 5.32 Å². The standard InChI is InChI=1S/C13H16N4O/c14-9-6-5-8(7-9)12(18)17-13-15-10-3-1-2-4-11(10)16-13/h1-4,8-9H,5-7,14H2,(H2,15,16,17,18). The molecule has 1 heterocycles. The monoisotopic (exact) mass is 244 g/mol. The summed E-state index contributed by atoms with van der Waals surface area (Å²) >= 11 is 0. The molecule has 18 heavy (non-hydrogen) atoms. The third kappa shape index (κ3) is 2.09. The number of rotatable bonds is 2. The number of fused-ring (bicyclic) bond motifs is 1. The molecule has 5 nitrogen and oxygen atoms in total. The average Bonchev–Trinajstić information content (AvgIpc) is 2.94. The molecule has 3 rings (SSSR count). The highest BCUT2D eigenvalue weighted by atomic mass is 16.2. The number of imidazole rings is 1. The highest BCUT2D eigenvalue weighted by Gasteiger charge is 2.28. The van der Waals surface area contributed by atoms with E-state index in [-0.39, 0.29) is 17.9 Å². The number of anilines is 1. The normalized spacial score (nSPS) is 23.4. The molecule has 5 heteroatoms. The molecule has 2 aromatic rings. The summed E-state index contributed by atoms with van der Waals surface area (Å²) in [6.45, 7) is 0. The van der Waals surface area contributed by atoms with Crippen molar-refractivity contribution < 1.29 is 4.79 Å². The molecule has 1 saturated carbocycles. The molecule has 1 aliphatic carbocycles. The second-order valence-corrected chi connectivity index (χ2v) is 4.86. The van der Waals surface area contributed by atoms with Gasteiger partial charge >= 0.3 is 0 Å². The van der Waals surface area contributed by atoms with Gasteiger partial charge in [-0.1, -0.05) is 12.1 Å². The van der Waals surface area contributed by atoms with Crippen molar-refractivity contribution in [2.45, 2.75) is 25.3 Å². The Kier molecular flexibility index (Phi) is 2.76. The Labute approximate surface area is 105 Å². The van der Waals surface area contributed by atoms with E-state index in [1.54, 1.807) is 0 Å². The molecule has 1 aromatic carbocycles. The quantitative estimate of drug-likeness (QED) is 0.750. The molecule has 1 fully saturated rings. The number of benzene rings is 1. The zero-order valence-electron chi connectivity index (χ0n) is 10.0. The van der Waals surface area contributed by atoms with Crippen LogP contribution in [0.3, 0.4) is 0 Å². The molecule has 0 radical (unpaired) electrons. The van der Waals surface area contributed by atoms with Gasteiger partial charge in [0.2, 0.25) is 11.9 Å². The summed E-state index contributed by atoms with van der Waals surface area (Å²) in [5.41, 5.74) is 7.60. The molecular formula is C13H16N4O. The van der Waals surface area contributed by atoms with Crippen LogP contribution in [0.1, 0.15) is 19.3 Å². The molecule has 4 N–H and O–H groups in total. The van der Waals surface area contributed by atoms with E-state index in [0.717, 1.165) is 30.3 Å². The van der Waals surface area contributed by atoms with Crippen molar-refractivity contribution >= 4 is 22.9 Å². The maximum atomic E-state index is 12.0. The predicted octanol–water partition coefficient (Wildman–Crippen LogP) is 1.63. The van der Waals surface area contributed by atoms with E-state index in [1.165, 1.54) is 0 Å². The van der Waals surface area contributed by atoms with Gasteiger partial charge in [-0.3, -0.25) is 10.1 Å². The van der Waals surface area contributed by atoms with E-state index in [2.05, 4.69) is 15.3 Å². The van der Waals surface area contributed by atoms with E-state index in [1.807, 2.05) is 24.3 Å². The number of nitrogens with one attached hydrogen (secondary N) is 2. The highest BCUT2D eigenvalue weighted by molar-refractivity contribution is 5.92. The third-order valence-corrected chi connectivity index (χ3v) is 3.47. The molecule has 1 amide bonds. The van der Waals surface area contributed by atoms with Gasteiger partial charge in [0.05, 0.1) is 11.0 Å². The first-order valence-electron chi connectivity index (χ1n) is 6.23. The molecule has 2 atom stereocenters. The fraction of sp³-hybridized carbons (Fsp3) is 0.385. The van der Waals surface area contributed by atoms with Crippen molar-refractivity contribution in [2.24, 2.45) is 11.7 Å². The molecule has 94 valence electrons. The number of aromatic amines is 1. The van der Waals surface area contributed by atoms with Crippen molar-refractivity contribution in [3.05, 3.63) is 24.3 Å². The summed E-state index contributed by atoms with van der Waals surface area (Å²) in [7, 11) is 0. The summed E-state index contributed by atoms with van der Waals surface area (Å²) in [5, 5.41) is 2.83. The van der Waals surface area contributed by atoms with Crippen LogP contribution in [0.15, 0.2) is 24.3 Å². The van der Waals surface area contributed by atoms with E-state index in [9.17, 15) is 4.79 Å². The summed E-state index contributed by atoms with van der Waals surface area (Å²) in [6.07, 6.45) is 2.57. The number of amides is 1. The number of H-pyrrole nitrogens is 1. The van der Waals surface area contributed by atoms with Gasteiger partial charge in [0.1, 0.15) is 0 Å². The van der Waals surface area contributed by atoms with Gasteiger partial charge in [0.15, 0.2) is 0 Å². The molecule has 1 aliphatic rings. The zero-order chi connectivity index (χ0) is 12.5. The number of hydrogen-bond acceptors (Lipinski definition) is 3. The van der Waals surface area contributed by atoms with E-state index in [0.29, 0.717) is 5.95 Å². The minimum absolute atomic E-state index is 0.0157. The van der Waals surface area contributed by atoms with Crippen LogP contribution in [0.4, 0.5) is 5.95 Å². The van der Waals surface area contributed by atoms with Crippen LogP contribution in [0.5, 0.6) is 0 Å². The molecule has 0 bridgehead atoms. The first kappa shape index (κ1) is 11.2. The Hall–Kier alpha value is -1.88. The van der Waals surface area contributed by atoms with Crippen molar-refractivity contribution in [1.29, 1.82) is 0 Å². The molecule has 0 spiro atoms. The second kappa shape index (κ2) is 4.42. The number of nitrogens with two attached hydrogens (primary N) is 1. The van der Waals surface area contributed by atoms with Crippen molar-refractivity contribution in [1.82, 2.24) is 9.97 Å². The lowest BCUT2D eigenvalue weighted by Gasteiger charge is -2.08. The average molecular weight is 244 g/mol. The highest BCUT2D eigenvalue weighted by Crippen LogP contribution is 2.25. The predicted molar refractivity (Wildman–Crippen MR) is 70.0 cm³/mol. The fourth-order valence-electron chi connectivity index (χ4n) is 2.49. The van der Waals surface area contributed by atoms with Gasteiger partial charge in [-0.05, 0) is 31.4 Å². The van der Waals surface area contributed by atoms with Crippen LogP contribution in [-0.2, 0) is 4.79 Å². The lowest BCUT2D eigenvalue weighted by Crippen LogP contribution is -2.23. The smallest absolute Gasteiger partial charge is 0.229 e. The lowest BCUT2D eigenvalue weighted by molar-refractivity contribution is -0.119. The Morgan fingerprint density at radius 1 is 1.39 bits per heavy atom. The van der Waals surface area contributed by atoms with Crippen molar-refractivity contribution in [3.8, 4) is 0 Å². The third-order valence-electron chi connectivity index (χ3n) is 3.47. The summed E-state index contributed by atoms with van der Waals surface area (Å²) < 4.78 is 0. The summed E-state index contributed by atoms with van der Waals surface area (Å²) in [6, 6.07) is 7.86. The minimum atomic E-state index is 0.0157. The Balaban J connectivity index is 1.74. The van der Waals surface area contributed by atoms with Gasteiger partial charge in [0, 0.05) is 12.0 Å². The largest absolute Gasteiger partial charge is 0.328 e. The van der Waals surface area contributed by atoms with Crippen LogP contribution in [0, 0.1) is 5.92 Å². The van der Waals surface area contributed by atoms with Gasteiger partial charge < -0.3 is 10.7 Å². The van der Waals surface area contributed by atoms with Crippen LogP contribution >= 0.6 is 0 Å². The van der Waals surface area contributed by atoms with Gasteiger partial charge in [-0.15, -0.1) is 0 Å². The number of nitrogens with zero attached hydrogens (tertiary/aromatic N) is 1. The van der Waals surface area contributed by atoms with Crippen LogP contribution in [-0.4, -0.2) is 21.9 Å². The maximum Gasteiger partial charge on any atom is 0.229 e. The number of carbonyl (C=O) groups excluding carboxylic acids is 1. The SMILES string of the molecule is NC1CCC(C(=O)Nc2nc3ccccc3[nH]2)C1. The first-order chi connectivity index (χ1) is 8.72. The second-order valence-electron chi connectivity index (χ2n) is 4.86. The van der Waals surface area contributed by atoms with Crippen LogP contribution < -0.4 is 11.1 Å². The van der Waals surface area contributed by atoms with Gasteiger partial charge in [0.25, 0.3) is 0 Å². The van der Waals surface area contributed by atoms with Crippen molar-refractivity contribution in [3.63, 3.8) is 0 Å². The van der Waals surface area contributed by atoms with Gasteiger partial charge in [-0.2, -0.15) is 0 Å². The lowest BCUT2D eigenvalue weighted by atomic mass is 10.1. The van der Waals surface area contributed by atoms with Gasteiger partial charge in [-0.25, -0.2) is 4.98 Å². The number of aromatic nitrogens is 2. The number of para-hydroxylation sites is 2. The number of hydrogen-bond donors (Lipinski definition) is 3. The number of carbonyl (C=O) groups is 1. The van der Waals surface area contributed by atoms with Crippen LogP contribution in [0.2, 0.25) is 0 Å². The zero-order valence-corrected chi connectivity index (χ0v) is 10.0. The fourth-order valence-corrected chi connectivity index (χ4v) is 2.49. The first-order valence-corrected chi connectivity index (χ1v) is 6.23. The molecule has 0 saturated heterocycles. The van der Waals surface area contributed by atoms with E-state index in [4.69, 9.17) is 5.73 Å². The minimum Gasteiger partial charge on any atom is -0.328 e. The maximum absolute atomic E-state index is 12.0. The topological polar surface area (TPSA) is 83.8 Å². The molecule has 0 aliphatic heterocycles. The molecule has 2 unspecified atom stereocenters.